The second-order valence-corrected chi connectivity index (χ2v) is 22.8. The van der Waals surface area contributed by atoms with Crippen LogP contribution in [0.3, 0.4) is 0 Å². The number of H-pyrrole nitrogens is 1. The smallest absolute Gasteiger partial charge is 0.274 e. The number of benzene rings is 2. The number of aromatic nitrogens is 3. The van der Waals surface area contributed by atoms with Crippen LogP contribution >= 0.6 is 24.8 Å². The van der Waals surface area contributed by atoms with Crippen LogP contribution in [-0.4, -0.2) is 148 Å². The molecule has 2 aliphatic heterocycles. The molecule has 9 N–H and O–H groups in total. The van der Waals surface area contributed by atoms with E-state index in [0.29, 0.717) is 12.8 Å². The first kappa shape index (κ1) is 61.7. The lowest BCUT2D eigenvalue weighted by Crippen LogP contribution is -2.59. The van der Waals surface area contributed by atoms with Gasteiger partial charge in [-0.15, -0.1) is 35.0 Å². The van der Waals surface area contributed by atoms with E-state index < -0.39 is 106 Å². The Morgan fingerprint density at radius 2 is 0.935 bits per heavy atom. The number of aromatic amines is 1. The van der Waals surface area contributed by atoms with Crippen LogP contribution < -0.4 is 42.5 Å². The number of nitrogens with one attached hydrogen (secondary N) is 9. The minimum Gasteiger partial charge on any atom is -0.347 e. The summed E-state index contributed by atoms with van der Waals surface area (Å²) in [6.07, 6.45) is 4.92. The monoisotopic (exact) mass is 1110 g/mol. The molecule has 3 aromatic rings. The molecule has 2 fully saturated rings. The zero-order valence-corrected chi connectivity index (χ0v) is 47.5. The topological polar surface area (TPSA) is 281 Å². The summed E-state index contributed by atoms with van der Waals surface area (Å²) in [5, 5.41) is 34.2. The van der Waals surface area contributed by atoms with Crippen molar-refractivity contribution in [1.29, 1.82) is 0 Å². The highest BCUT2D eigenvalue weighted by atomic mass is 35.5. The van der Waals surface area contributed by atoms with Gasteiger partial charge in [0, 0.05) is 25.2 Å². The summed E-state index contributed by atoms with van der Waals surface area (Å²) in [6, 6.07) is 8.29. The van der Waals surface area contributed by atoms with Crippen LogP contribution in [0.5, 0.6) is 0 Å². The quantitative estimate of drug-likeness (QED) is 0.100. The van der Waals surface area contributed by atoms with Crippen LogP contribution in [-0.2, 0) is 41.6 Å². The molecule has 21 nitrogen and oxygen atoms in total. The van der Waals surface area contributed by atoms with Crippen LogP contribution in [0.25, 0.3) is 0 Å². The lowest BCUT2D eigenvalue weighted by Gasteiger charge is -2.36. The number of carbonyl (C=O) groups is 8. The number of amides is 8. The van der Waals surface area contributed by atoms with E-state index in [1.165, 1.54) is 9.80 Å². The molecule has 0 bridgehead atoms. The number of nitrogens with zero attached hydrogens (tertiary/aromatic N) is 4. The number of rotatable bonds is 16. The van der Waals surface area contributed by atoms with Crippen molar-refractivity contribution in [3.05, 3.63) is 82.2 Å². The molecule has 0 radical (unpaired) electrons. The van der Waals surface area contributed by atoms with Crippen molar-refractivity contribution in [3.63, 3.8) is 0 Å². The Morgan fingerprint density at radius 3 is 1.29 bits per heavy atom. The third kappa shape index (κ3) is 14.3. The average molecular weight is 1110 g/mol. The van der Waals surface area contributed by atoms with Gasteiger partial charge in [0.2, 0.25) is 35.4 Å². The third-order valence-electron chi connectivity index (χ3n) is 15.2. The molecule has 3 heterocycles. The molecule has 1 aromatic heterocycles. The van der Waals surface area contributed by atoms with Gasteiger partial charge in [-0.1, -0.05) is 90.1 Å². The highest BCUT2D eigenvalue weighted by molar-refractivity contribution is 6.05. The van der Waals surface area contributed by atoms with Crippen LogP contribution in [0.4, 0.5) is 0 Å². The second-order valence-electron chi connectivity index (χ2n) is 22.8. The van der Waals surface area contributed by atoms with Crippen LogP contribution in [0.15, 0.2) is 48.5 Å². The molecule has 10 atom stereocenters. The van der Waals surface area contributed by atoms with Gasteiger partial charge in [-0.2, -0.15) is 5.21 Å². The molecule has 8 amide bonds. The summed E-state index contributed by atoms with van der Waals surface area (Å²) >= 11 is 0. The summed E-state index contributed by atoms with van der Waals surface area (Å²) in [5.41, 5.74) is 2.02. The first-order valence-corrected chi connectivity index (χ1v) is 26.4. The predicted molar refractivity (Wildman–Crippen MR) is 294 cm³/mol. The number of likely N-dealkylation sites (N-methyl/N-ethyl adjacent to an activating group) is 2. The first-order valence-electron chi connectivity index (χ1n) is 26.4. The SMILES string of the molecule is CN[C@@H](C)C(=O)NC(C(=O)N1C[C@@H](NC(=O)c2n[nH]nc2C(=O)N[C@H]2C[C@@H](C(=O)N[C@@H]3CCCc4ccccc43)N(C(=O)[C@@H](NC(=O)[C@H](C)NC)C(C)(C)C)C2)CC1C(=O)N[C@@H]1CCCc2ccccc21)C(C)(C)C.Cl.Cl. The Hall–Kier alpha value is -6.16. The molecule has 422 valence electrons. The van der Waals surface area contributed by atoms with Gasteiger partial charge in [-0.3, -0.25) is 38.4 Å². The Morgan fingerprint density at radius 1 is 0.571 bits per heavy atom. The zero-order chi connectivity index (χ0) is 54.5. The van der Waals surface area contributed by atoms with Crippen molar-refractivity contribution < 1.29 is 38.4 Å². The fraction of sp³-hybridized carbons (Fsp3) is 0.593. The number of likely N-dealkylation sites (tertiary alicyclic amines) is 2. The van der Waals surface area contributed by atoms with Gasteiger partial charge in [0.05, 0.1) is 24.2 Å². The number of halogens is 2. The zero-order valence-electron chi connectivity index (χ0n) is 45.8. The van der Waals surface area contributed by atoms with E-state index in [1.54, 1.807) is 27.9 Å². The van der Waals surface area contributed by atoms with E-state index in [-0.39, 0.29) is 74.2 Å². The molecule has 2 aromatic carbocycles. The Labute approximate surface area is 463 Å². The van der Waals surface area contributed by atoms with E-state index in [9.17, 15) is 38.4 Å². The molecule has 4 aliphatic rings. The second kappa shape index (κ2) is 26.0. The highest BCUT2D eigenvalue weighted by Gasteiger charge is 2.48. The lowest BCUT2D eigenvalue weighted by atomic mass is 9.85. The molecule has 23 heteroatoms. The van der Waals surface area contributed by atoms with Crippen LogP contribution in [0.1, 0.15) is 149 Å². The van der Waals surface area contributed by atoms with Gasteiger partial charge < -0.3 is 52.3 Å². The number of hydrogen-bond donors (Lipinski definition) is 9. The Balaban J connectivity index is 0.00000547. The summed E-state index contributed by atoms with van der Waals surface area (Å²) < 4.78 is 0. The first-order chi connectivity index (χ1) is 35.5. The Kier molecular flexibility index (Phi) is 20.8. The fourth-order valence-corrected chi connectivity index (χ4v) is 10.7. The molecule has 0 saturated carbocycles. The van der Waals surface area contributed by atoms with Gasteiger partial charge in [0.15, 0.2) is 11.4 Å². The van der Waals surface area contributed by atoms with Gasteiger partial charge in [0.1, 0.15) is 24.2 Å². The van der Waals surface area contributed by atoms with Crippen molar-refractivity contribution in [1.82, 2.24) is 67.7 Å². The average Bonchev–Trinajstić information content (AvgIpc) is 4.16. The van der Waals surface area contributed by atoms with Crippen molar-refractivity contribution in [3.8, 4) is 0 Å². The lowest BCUT2D eigenvalue weighted by molar-refractivity contribution is -0.144. The number of fused-ring (bicyclic) bond motifs is 2. The van der Waals surface area contributed by atoms with Crippen LogP contribution in [0, 0.1) is 10.8 Å². The molecular weight excluding hydrogens is 1030 g/mol. The van der Waals surface area contributed by atoms with Crippen molar-refractivity contribution >= 4 is 72.1 Å². The minimum absolute atomic E-state index is 0. The van der Waals surface area contributed by atoms with E-state index in [1.807, 2.05) is 90.1 Å². The maximum atomic E-state index is 14.7. The Bertz CT molecular complexity index is 2460. The van der Waals surface area contributed by atoms with Crippen molar-refractivity contribution in [2.24, 2.45) is 10.8 Å². The van der Waals surface area contributed by atoms with E-state index in [0.717, 1.165) is 47.9 Å². The predicted octanol–water partition coefficient (Wildman–Crippen LogP) is 2.71. The maximum absolute atomic E-state index is 14.7. The largest absolute Gasteiger partial charge is 0.347 e. The summed E-state index contributed by atoms with van der Waals surface area (Å²) in [6.45, 7) is 14.1. The van der Waals surface area contributed by atoms with Gasteiger partial charge in [0.25, 0.3) is 11.8 Å². The fourth-order valence-electron chi connectivity index (χ4n) is 10.7. The third-order valence-corrected chi connectivity index (χ3v) is 15.2. The standard InChI is InChI=1S/C54H77N13O8.2ClH/c1-29(55-9)45(68)61-43(53(3,4)5)51(74)66-27-33(25-39(66)47(70)59-37-23-15-19-31-17-11-13-21-35(31)37)57-49(72)41-42(64-65-63-41)50(73)58-34-26-40(48(71)60-38-24-16-20-32-18-12-14-22-36(32)38)67(28-34)52(75)44(54(6,7)8)62-46(69)30(2)56-10;;/h11-14,17-18,21-22,29-30,33-34,37-40,43-44,55-56H,15-16,19-20,23-28H2,1-10H3,(H,57,72)(H,58,73)(H,59,70)(H,60,71)(H,61,68)(H,62,69)(H,63,64,65);2*1H/t29-,30-,33-,34-,37+,38+,39-,40?,43+,44?;;/m0../s1. The maximum Gasteiger partial charge on any atom is 0.274 e. The highest BCUT2D eigenvalue weighted by Crippen LogP contribution is 2.34. The van der Waals surface area contributed by atoms with Crippen molar-refractivity contribution in [2.75, 3.05) is 27.2 Å². The van der Waals surface area contributed by atoms with Gasteiger partial charge in [-0.25, -0.2) is 0 Å². The van der Waals surface area contributed by atoms with E-state index in [4.69, 9.17) is 0 Å². The molecule has 0 spiro atoms. The summed E-state index contributed by atoms with van der Waals surface area (Å²) in [4.78, 5) is 116. The molecular formula is C54H79Cl2N13O8. The van der Waals surface area contributed by atoms with E-state index >= 15 is 0 Å². The normalized spacial score (nSPS) is 22.5. The van der Waals surface area contributed by atoms with Crippen molar-refractivity contribution in [2.45, 2.75) is 167 Å². The molecule has 7 rings (SSSR count). The van der Waals surface area contributed by atoms with Crippen LogP contribution in [0.2, 0.25) is 0 Å². The number of carbonyl (C=O) groups excluding carboxylic acids is 8. The molecule has 77 heavy (non-hydrogen) atoms. The minimum atomic E-state index is -1.04. The van der Waals surface area contributed by atoms with E-state index in [2.05, 4.69) is 57.9 Å². The molecule has 2 aliphatic carbocycles. The number of aryl methyl sites for hydroxylation is 2. The molecule has 2 saturated heterocycles. The molecule has 2 unspecified atom stereocenters. The van der Waals surface area contributed by atoms with Gasteiger partial charge >= 0.3 is 0 Å². The summed E-state index contributed by atoms with van der Waals surface area (Å²) in [7, 11) is 3.28. The summed E-state index contributed by atoms with van der Waals surface area (Å²) in [5.74, 6) is -4.20. The number of hydrogen-bond acceptors (Lipinski definition) is 12. The van der Waals surface area contributed by atoms with Gasteiger partial charge in [-0.05, 0) is 112 Å².